The van der Waals surface area contributed by atoms with Crippen LogP contribution < -0.4 is 10.6 Å². The van der Waals surface area contributed by atoms with E-state index < -0.39 is 4.92 Å². The van der Waals surface area contributed by atoms with Gasteiger partial charge in [-0.05, 0) is 27.9 Å². The van der Waals surface area contributed by atoms with Crippen LogP contribution in [-0.4, -0.2) is 55.6 Å². The van der Waals surface area contributed by atoms with Gasteiger partial charge in [0.15, 0.2) is 5.82 Å². The van der Waals surface area contributed by atoms with Crippen LogP contribution in [-0.2, 0) is 0 Å². The first-order chi connectivity index (χ1) is 10.3. The molecule has 0 unspecified atom stereocenters. The number of hydrogen-bond acceptors (Lipinski definition) is 6. The van der Waals surface area contributed by atoms with Crippen molar-refractivity contribution in [2.75, 3.05) is 45.7 Å². The van der Waals surface area contributed by atoms with Crippen LogP contribution in [0.5, 0.6) is 0 Å². The van der Waals surface area contributed by atoms with E-state index in [4.69, 9.17) is 0 Å². The average molecular weight is 328 g/mol. The summed E-state index contributed by atoms with van der Waals surface area (Å²) >= 11 is 1.80. The Morgan fingerprint density at radius 3 is 2.45 bits per heavy atom. The standard InChI is InChI=1S/C15H28N4O2S/c1-13(10-18(4)5)6-7-14(2)12-22-9-8-17-15(16-3)11-19(20)21/h6-7,11,16-17H,8-10,12H2,1-5H3/b13-6+,14-7-,15-11-. The van der Waals surface area contributed by atoms with Gasteiger partial charge in [-0.2, -0.15) is 11.8 Å². The molecule has 0 spiro atoms. The number of nitrogens with one attached hydrogen (secondary N) is 2. The van der Waals surface area contributed by atoms with Crippen LogP contribution in [0.2, 0.25) is 0 Å². The number of thioether (sulfide) groups is 1. The lowest BCUT2D eigenvalue weighted by atomic mass is 10.2. The number of likely N-dealkylation sites (N-methyl/N-ethyl adjacent to an activating group) is 1. The first-order valence-electron chi connectivity index (χ1n) is 7.17. The van der Waals surface area contributed by atoms with Crippen molar-refractivity contribution in [1.29, 1.82) is 0 Å². The molecule has 0 atom stereocenters. The summed E-state index contributed by atoms with van der Waals surface area (Å²) in [5.74, 6) is 2.28. The Labute approximate surface area is 137 Å². The lowest BCUT2D eigenvalue weighted by molar-refractivity contribution is -0.404. The average Bonchev–Trinajstić information content (AvgIpc) is 2.42. The van der Waals surface area contributed by atoms with E-state index in [0.29, 0.717) is 12.4 Å². The van der Waals surface area contributed by atoms with Gasteiger partial charge in [-0.25, -0.2) is 0 Å². The monoisotopic (exact) mass is 328 g/mol. The van der Waals surface area contributed by atoms with E-state index in [1.165, 1.54) is 11.1 Å². The molecule has 2 N–H and O–H groups in total. The molecule has 0 rings (SSSR count). The molecule has 0 bridgehead atoms. The highest BCUT2D eigenvalue weighted by atomic mass is 32.2. The van der Waals surface area contributed by atoms with E-state index in [2.05, 4.69) is 55.6 Å². The van der Waals surface area contributed by atoms with Crippen molar-refractivity contribution in [3.05, 3.63) is 45.4 Å². The van der Waals surface area contributed by atoms with Gasteiger partial charge >= 0.3 is 0 Å². The molecule has 7 heteroatoms. The minimum atomic E-state index is -0.471. The van der Waals surface area contributed by atoms with E-state index in [9.17, 15) is 10.1 Å². The second-order valence-electron chi connectivity index (χ2n) is 5.32. The maximum atomic E-state index is 10.4. The molecule has 0 aromatic heterocycles. The van der Waals surface area contributed by atoms with E-state index in [0.717, 1.165) is 24.3 Å². The van der Waals surface area contributed by atoms with Gasteiger partial charge in [0.1, 0.15) is 0 Å². The molecule has 0 aliphatic rings. The highest BCUT2D eigenvalue weighted by Crippen LogP contribution is 2.08. The molecule has 6 nitrogen and oxygen atoms in total. The zero-order valence-electron chi connectivity index (χ0n) is 14.2. The Kier molecular flexibility index (Phi) is 11.3. The Balaban J connectivity index is 3.98. The predicted octanol–water partition coefficient (Wildman–Crippen LogP) is 2.06. The second kappa shape index (κ2) is 12.1. The topological polar surface area (TPSA) is 70.4 Å². The van der Waals surface area contributed by atoms with Crippen LogP contribution in [0.3, 0.4) is 0 Å². The fourth-order valence-corrected chi connectivity index (χ4v) is 2.49. The first kappa shape index (κ1) is 20.5. The smallest absolute Gasteiger partial charge is 0.274 e. The van der Waals surface area contributed by atoms with Gasteiger partial charge in [-0.3, -0.25) is 10.1 Å². The summed E-state index contributed by atoms with van der Waals surface area (Å²) in [4.78, 5) is 12.0. The number of nitrogens with zero attached hydrogens (tertiary/aromatic N) is 2. The summed E-state index contributed by atoms with van der Waals surface area (Å²) in [5, 5.41) is 16.1. The Morgan fingerprint density at radius 1 is 1.27 bits per heavy atom. The molecule has 0 aromatic rings. The molecular weight excluding hydrogens is 300 g/mol. The summed E-state index contributed by atoms with van der Waals surface area (Å²) in [6.07, 6.45) is 5.26. The van der Waals surface area contributed by atoms with Gasteiger partial charge < -0.3 is 15.5 Å². The fraction of sp³-hybridized carbons (Fsp3) is 0.600. The molecular formula is C15H28N4O2S. The van der Waals surface area contributed by atoms with Crippen molar-refractivity contribution in [1.82, 2.24) is 15.5 Å². The maximum Gasteiger partial charge on any atom is 0.274 e. The summed E-state index contributed by atoms with van der Waals surface area (Å²) < 4.78 is 0. The van der Waals surface area contributed by atoms with Crippen molar-refractivity contribution in [2.45, 2.75) is 13.8 Å². The number of allylic oxidation sites excluding steroid dienone is 2. The first-order valence-corrected chi connectivity index (χ1v) is 8.33. The van der Waals surface area contributed by atoms with Gasteiger partial charge in [-0.1, -0.05) is 23.3 Å². The SMILES string of the molecule is CN/C(=C/[N+](=O)[O-])NCCSC/C(C)=C\C=C(/C)CN(C)C. The van der Waals surface area contributed by atoms with Crippen LogP contribution in [0.1, 0.15) is 13.8 Å². The van der Waals surface area contributed by atoms with Crippen LogP contribution in [0.15, 0.2) is 35.3 Å². The summed E-state index contributed by atoms with van der Waals surface area (Å²) in [6, 6.07) is 0. The molecule has 0 heterocycles. The van der Waals surface area contributed by atoms with Crippen LogP contribution in [0, 0.1) is 10.1 Å². The summed E-state index contributed by atoms with van der Waals surface area (Å²) in [7, 11) is 5.78. The van der Waals surface area contributed by atoms with E-state index in [1.54, 1.807) is 18.8 Å². The quantitative estimate of drug-likeness (QED) is 0.262. The van der Waals surface area contributed by atoms with Gasteiger partial charge in [0, 0.05) is 31.6 Å². The van der Waals surface area contributed by atoms with Crippen LogP contribution in [0.4, 0.5) is 0 Å². The van der Waals surface area contributed by atoms with Crippen molar-refractivity contribution < 1.29 is 4.92 Å². The summed E-state index contributed by atoms with van der Waals surface area (Å²) in [6.45, 7) is 5.90. The molecule has 0 radical (unpaired) electrons. The van der Waals surface area contributed by atoms with E-state index in [-0.39, 0.29) is 0 Å². The normalized spacial score (nSPS) is 13.5. The Morgan fingerprint density at radius 2 is 1.91 bits per heavy atom. The Hall–Kier alpha value is -1.47. The van der Waals surface area contributed by atoms with Gasteiger partial charge in [0.05, 0.1) is 4.92 Å². The summed E-state index contributed by atoms with van der Waals surface area (Å²) in [5.41, 5.74) is 2.65. The molecule has 0 fully saturated rings. The van der Waals surface area contributed by atoms with Crippen molar-refractivity contribution in [2.24, 2.45) is 0 Å². The third-order valence-electron chi connectivity index (χ3n) is 2.61. The lowest BCUT2D eigenvalue weighted by Gasteiger charge is -2.09. The molecule has 0 amide bonds. The number of rotatable bonds is 11. The highest BCUT2D eigenvalue weighted by molar-refractivity contribution is 7.99. The third kappa shape index (κ3) is 12.3. The molecule has 22 heavy (non-hydrogen) atoms. The lowest BCUT2D eigenvalue weighted by Crippen LogP contribution is -2.26. The molecule has 0 aliphatic heterocycles. The van der Waals surface area contributed by atoms with Gasteiger partial charge in [0.2, 0.25) is 0 Å². The second-order valence-corrected chi connectivity index (χ2v) is 6.43. The molecule has 0 aromatic carbocycles. The zero-order chi connectivity index (χ0) is 17.0. The molecule has 0 saturated carbocycles. The predicted molar refractivity (Wildman–Crippen MR) is 95.5 cm³/mol. The molecule has 0 saturated heterocycles. The van der Waals surface area contributed by atoms with Crippen molar-refractivity contribution in [3.63, 3.8) is 0 Å². The van der Waals surface area contributed by atoms with Crippen LogP contribution in [0.25, 0.3) is 0 Å². The Bertz CT molecular complexity index is 431. The van der Waals surface area contributed by atoms with E-state index in [1.807, 2.05) is 0 Å². The zero-order valence-corrected chi connectivity index (χ0v) is 15.0. The van der Waals surface area contributed by atoms with Gasteiger partial charge in [0.25, 0.3) is 6.20 Å². The largest absolute Gasteiger partial charge is 0.370 e. The minimum absolute atomic E-state index is 0.431. The van der Waals surface area contributed by atoms with Crippen LogP contribution >= 0.6 is 11.8 Å². The molecule has 126 valence electrons. The number of nitro groups is 1. The van der Waals surface area contributed by atoms with Crippen molar-refractivity contribution in [3.8, 4) is 0 Å². The third-order valence-corrected chi connectivity index (χ3v) is 3.77. The number of hydrogen-bond donors (Lipinski definition) is 2. The fourth-order valence-electron chi connectivity index (χ4n) is 1.68. The van der Waals surface area contributed by atoms with E-state index >= 15 is 0 Å². The molecule has 0 aliphatic carbocycles. The van der Waals surface area contributed by atoms with Crippen molar-refractivity contribution >= 4 is 11.8 Å². The maximum absolute atomic E-state index is 10.4. The highest BCUT2D eigenvalue weighted by Gasteiger charge is 1.99. The minimum Gasteiger partial charge on any atom is -0.370 e. The van der Waals surface area contributed by atoms with Gasteiger partial charge in [-0.15, -0.1) is 0 Å².